The zero-order chi connectivity index (χ0) is 16.9. The monoisotopic (exact) mass is 362 g/mol. The molecule has 0 aromatic rings. The Labute approximate surface area is 133 Å². The number of hydrogen-bond donors (Lipinski definition) is 1. The maximum atomic E-state index is 11.8. The lowest BCUT2D eigenvalue weighted by atomic mass is 10.1. The second kappa shape index (κ2) is 5.74. The number of carbonyl (C=O) groups is 1. The normalized spacial score (nSPS) is 25.2. The standard InChI is InChI=1S/C14H34O3Si4/c1-18(2,3)21(19(4,5)6,20(7,8)9)14-12(13(15)16)10-11-17-14/h12,14H,10-11H2,1-9H3,(H,15,16). The molecule has 0 aromatic carbocycles. The fraction of sp³-hybridized carbons (Fsp3) is 0.929. The molecule has 124 valence electrons. The molecule has 0 aliphatic carbocycles. The number of aliphatic carboxylic acids is 1. The zero-order valence-electron chi connectivity index (χ0n) is 15.3. The van der Waals surface area contributed by atoms with Gasteiger partial charge in [0.25, 0.3) is 0 Å². The van der Waals surface area contributed by atoms with Gasteiger partial charge in [-0.1, -0.05) is 58.9 Å². The summed E-state index contributed by atoms with van der Waals surface area (Å²) >= 11 is 0. The summed E-state index contributed by atoms with van der Waals surface area (Å²) in [6, 6.07) is 0. The molecular weight excluding hydrogens is 328 g/mol. The first-order chi connectivity index (χ1) is 9.18. The molecule has 0 aromatic heterocycles. The minimum atomic E-state index is -1.78. The molecule has 21 heavy (non-hydrogen) atoms. The van der Waals surface area contributed by atoms with Crippen molar-refractivity contribution in [1.29, 1.82) is 0 Å². The lowest BCUT2D eigenvalue weighted by Crippen LogP contribution is -2.88. The van der Waals surface area contributed by atoms with Gasteiger partial charge in [0.05, 0.1) is 18.3 Å². The van der Waals surface area contributed by atoms with E-state index in [4.69, 9.17) is 4.74 Å². The summed E-state index contributed by atoms with van der Waals surface area (Å²) in [7, 11) is -4.46. The van der Waals surface area contributed by atoms with E-state index >= 15 is 0 Å². The summed E-state index contributed by atoms with van der Waals surface area (Å²) < 4.78 is 6.26. The van der Waals surface area contributed by atoms with Gasteiger partial charge in [0.15, 0.2) is 0 Å². The quantitative estimate of drug-likeness (QED) is 0.758. The van der Waals surface area contributed by atoms with Gasteiger partial charge in [-0.3, -0.25) is 4.79 Å². The first-order valence-corrected chi connectivity index (χ1v) is 23.6. The molecule has 0 spiro atoms. The van der Waals surface area contributed by atoms with Crippen LogP contribution in [0.3, 0.4) is 0 Å². The van der Waals surface area contributed by atoms with Crippen molar-refractivity contribution < 1.29 is 14.6 Å². The molecular formula is C14H34O3Si4. The molecule has 7 heteroatoms. The molecule has 1 saturated heterocycles. The Hall–Kier alpha value is 0.298. The van der Waals surface area contributed by atoms with Gasteiger partial charge in [0.1, 0.15) is 0 Å². The summed E-state index contributed by atoms with van der Waals surface area (Å²) in [5, 5.41) is 9.73. The number of hydrogen-bond acceptors (Lipinski definition) is 2. The molecule has 3 nitrogen and oxygen atoms in total. The van der Waals surface area contributed by atoms with Gasteiger partial charge in [-0.2, -0.15) is 0 Å². The minimum Gasteiger partial charge on any atom is -0.481 e. The zero-order valence-corrected chi connectivity index (χ0v) is 19.3. The third-order valence-corrected chi connectivity index (χ3v) is 78.3. The molecule has 1 N–H and O–H groups in total. The van der Waals surface area contributed by atoms with Crippen molar-refractivity contribution in [2.24, 2.45) is 5.92 Å². The summed E-state index contributed by atoms with van der Waals surface area (Å²) in [5.74, 6) is -0.869. The highest BCUT2D eigenvalue weighted by Crippen LogP contribution is 2.45. The topological polar surface area (TPSA) is 46.5 Å². The minimum absolute atomic E-state index is 0.0694. The Morgan fingerprint density at radius 1 is 0.905 bits per heavy atom. The first-order valence-electron chi connectivity index (χ1n) is 8.02. The van der Waals surface area contributed by atoms with Gasteiger partial charge < -0.3 is 9.84 Å². The summed E-state index contributed by atoms with van der Waals surface area (Å²) in [5.41, 5.74) is 0.0694. The van der Waals surface area contributed by atoms with Crippen LogP contribution >= 0.6 is 0 Å². The Morgan fingerprint density at radius 3 is 1.57 bits per heavy atom. The molecule has 1 fully saturated rings. The molecule has 1 heterocycles. The summed E-state index contributed by atoms with van der Waals surface area (Å²) in [6.45, 7) is 21.3. The van der Waals surface area contributed by atoms with E-state index < -0.39 is 35.4 Å². The molecule has 2 atom stereocenters. The molecule has 0 amide bonds. The number of rotatable bonds is 5. The summed E-state index contributed by atoms with van der Waals surface area (Å²) in [6.07, 6.45) is 0.716. The Morgan fingerprint density at radius 2 is 1.29 bits per heavy atom. The van der Waals surface area contributed by atoms with Crippen molar-refractivity contribution >= 4 is 35.4 Å². The lowest BCUT2D eigenvalue weighted by molar-refractivity contribution is -0.142. The fourth-order valence-corrected chi connectivity index (χ4v) is 108. The van der Waals surface area contributed by atoms with Crippen molar-refractivity contribution in [3.63, 3.8) is 0 Å². The molecule has 1 aliphatic heterocycles. The van der Waals surface area contributed by atoms with Crippen molar-refractivity contribution in [1.82, 2.24) is 0 Å². The van der Waals surface area contributed by atoms with Crippen LogP contribution < -0.4 is 0 Å². The van der Waals surface area contributed by atoms with Crippen LogP contribution in [0, 0.1) is 5.92 Å². The highest BCUT2D eigenvalue weighted by Gasteiger charge is 2.68. The summed E-state index contributed by atoms with van der Waals surface area (Å²) in [4.78, 5) is 11.8. The lowest BCUT2D eigenvalue weighted by Gasteiger charge is -2.60. The van der Waals surface area contributed by atoms with Crippen molar-refractivity contribution in [2.75, 3.05) is 6.61 Å². The Balaban J connectivity index is 3.62. The van der Waals surface area contributed by atoms with Crippen molar-refractivity contribution in [3.8, 4) is 0 Å². The predicted molar refractivity (Wildman–Crippen MR) is 101 cm³/mol. The van der Waals surface area contributed by atoms with E-state index in [2.05, 4.69) is 58.9 Å². The number of carboxylic acid groups (broad SMARTS) is 1. The van der Waals surface area contributed by atoms with Crippen molar-refractivity contribution in [2.45, 2.75) is 71.1 Å². The van der Waals surface area contributed by atoms with E-state index in [-0.39, 0.29) is 11.6 Å². The van der Waals surface area contributed by atoms with E-state index in [9.17, 15) is 9.90 Å². The van der Waals surface area contributed by atoms with E-state index in [1.165, 1.54) is 0 Å². The van der Waals surface area contributed by atoms with Gasteiger partial charge in [-0.05, 0) is 6.42 Å². The molecule has 0 bridgehead atoms. The van der Waals surface area contributed by atoms with Crippen LogP contribution in [0.25, 0.3) is 0 Å². The van der Waals surface area contributed by atoms with Gasteiger partial charge >= 0.3 is 5.97 Å². The highest BCUT2D eigenvalue weighted by molar-refractivity contribution is 7.89. The largest absolute Gasteiger partial charge is 0.481 e. The maximum absolute atomic E-state index is 11.8. The average molecular weight is 363 g/mol. The van der Waals surface area contributed by atoms with Gasteiger partial charge in [0.2, 0.25) is 0 Å². The van der Waals surface area contributed by atoms with Crippen LogP contribution in [0.15, 0.2) is 0 Å². The SMILES string of the molecule is C[Si](C)(C)[Si](C1OCCC1C(=O)O)([Si](C)(C)C)[Si](C)(C)C. The molecule has 1 rings (SSSR count). The maximum Gasteiger partial charge on any atom is 0.308 e. The Kier molecular flexibility index (Phi) is 5.28. The number of ether oxygens (including phenoxy) is 1. The molecule has 0 radical (unpaired) electrons. The Bertz CT molecular complexity index is 368. The molecule has 0 saturated carbocycles. The van der Waals surface area contributed by atoms with E-state index in [1.54, 1.807) is 0 Å². The van der Waals surface area contributed by atoms with E-state index in [1.807, 2.05) is 0 Å². The van der Waals surface area contributed by atoms with Crippen LogP contribution in [0.2, 0.25) is 58.9 Å². The van der Waals surface area contributed by atoms with Crippen LogP contribution in [-0.2, 0) is 9.53 Å². The third-order valence-electron chi connectivity index (χ3n) is 5.38. The third kappa shape index (κ3) is 3.04. The van der Waals surface area contributed by atoms with Crippen LogP contribution in [-0.4, -0.2) is 52.8 Å². The first kappa shape index (κ1) is 19.3. The highest BCUT2D eigenvalue weighted by atomic mass is 29.9. The molecule has 2 unspecified atom stereocenters. The van der Waals surface area contributed by atoms with Gasteiger partial charge in [-0.25, -0.2) is 0 Å². The number of carboxylic acids is 1. The van der Waals surface area contributed by atoms with Gasteiger partial charge in [-0.15, -0.1) is 0 Å². The van der Waals surface area contributed by atoms with Gasteiger partial charge in [0, 0.05) is 29.4 Å². The van der Waals surface area contributed by atoms with Crippen molar-refractivity contribution in [3.05, 3.63) is 0 Å². The van der Waals surface area contributed by atoms with Crippen LogP contribution in [0.1, 0.15) is 6.42 Å². The second-order valence-electron chi connectivity index (χ2n) is 9.58. The van der Waals surface area contributed by atoms with E-state index in [0.29, 0.717) is 13.0 Å². The predicted octanol–water partition coefficient (Wildman–Crippen LogP) is 3.71. The van der Waals surface area contributed by atoms with Crippen LogP contribution in [0.5, 0.6) is 0 Å². The average Bonchev–Trinajstić information content (AvgIpc) is 2.59. The van der Waals surface area contributed by atoms with E-state index in [0.717, 1.165) is 0 Å². The van der Waals surface area contributed by atoms with Crippen LogP contribution in [0.4, 0.5) is 0 Å². The smallest absolute Gasteiger partial charge is 0.308 e. The molecule has 1 aliphatic rings. The fourth-order valence-electron chi connectivity index (χ4n) is 5.92. The second-order valence-corrected chi connectivity index (χ2v) is 50.4.